The van der Waals surface area contributed by atoms with Crippen molar-refractivity contribution in [2.24, 2.45) is 5.92 Å². The summed E-state index contributed by atoms with van der Waals surface area (Å²) in [5.41, 5.74) is 0.0913. The Balaban J connectivity index is 2.36. The van der Waals surface area contributed by atoms with Crippen LogP contribution >= 0.6 is 23.2 Å². The summed E-state index contributed by atoms with van der Waals surface area (Å²) in [7, 11) is -3.81. The van der Waals surface area contributed by atoms with Gasteiger partial charge in [0, 0.05) is 19.6 Å². The zero-order chi connectivity index (χ0) is 17.9. The number of amides is 1. The molecule has 0 atom stereocenters. The Kier molecular flexibility index (Phi) is 6.50. The van der Waals surface area contributed by atoms with Crippen molar-refractivity contribution in [2.75, 3.05) is 32.8 Å². The topological polar surface area (TPSA) is 75.7 Å². The zero-order valence-corrected chi connectivity index (χ0v) is 15.8. The van der Waals surface area contributed by atoms with Gasteiger partial charge in [0.15, 0.2) is 0 Å². The average Bonchev–Trinajstić information content (AvgIpc) is 2.53. The van der Waals surface area contributed by atoms with Crippen LogP contribution in [0.5, 0.6) is 0 Å². The number of nitrogens with one attached hydrogen (secondary N) is 1. The third-order valence-electron chi connectivity index (χ3n) is 3.52. The zero-order valence-electron chi connectivity index (χ0n) is 13.5. The van der Waals surface area contributed by atoms with E-state index in [9.17, 15) is 13.2 Å². The van der Waals surface area contributed by atoms with Crippen molar-refractivity contribution in [2.45, 2.75) is 18.7 Å². The first-order chi connectivity index (χ1) is 11.2. The van der Waals surface area contributed by atoms with E-state index < -0.39 is 15.9 Å². The molecule has 1 N–H and O–H groups in total. The van der Waals surface area contributed by atoms with Crippen LogP contribution in [0.25, 0.3) is 0 Å². The molecule has 0 saturated carbocycles. The molecule has 1 aromatic rings. The van der Waals surface area contributed by atoms with Crippen molar-refractivity contribution in [3.05, 3.63) is 27.7 Å². The van der Waals surface area contributed by atoms with Crippen LogP contribution in [0.2, 0.25) is 10.0 Å². The number of benzene rings is 1. The Bertz CT molecular complexity index is 716. The van der Waals surface area contributed by atoms with E-state index in [1.165, 1.54) is 16.4 Å². The van der Waals surface area contributed by atoms with Gasteiger partial charge >= 0.3 is 0 Å². The van der Waals surface area contributed by atoms with Crippen molar-refractivity contribution in [1.82, 2.24) is 9.62 Å². The Morgan fingerprint density at radius 2 is 1.88 bits per heavy atom. The lowest BCUT2D eigenvalue weighted by atomic mass is 10.2. The fourth-order valence-corrected chi connectivity index (χ4v) is 4.46. The quantitative estimate of drug-likeness (QED) is 0.831. The lowest BCUT2D eigenvalue weighted by molar-refractivity contribution is 0.0730. The SMILES string of the molecule is CC(C)CNC(=O)c1cc(S(=O)(=O)N2CCOCC2)c(Cl)cc1Cl. The van der Waals surface area contributed by atoms with E-state index in [-0.39, 0.29) is 39.5 Å². The number of sulfonamides is 1. The molecule has 6 nitrogen and oxygen atoms in total. The summed E-state index contributed by atoms with van der Waals surface area (Å²) in [6, 6.07) is 2.53. The molecule has 0 spiro atoms. The molecular weight excluding hydrogens is 375 g/mol. The van der Waals surface area contributed by atoms with E-state index in [1.807, 2.05) is 13.8 Å². The van der Waals surface area contributed by atoms with Gasteiger partial charge in [-0.05, 0) is 18.1 Å². The van der Waals surface area contributed by atoms with Crippen molar-refractivity contribution in [3.63, 3.8) is 0 Å². The van der Waals surface area contributed by atoms with Crippen molar-refractivity contribution in [1.29, 1.82) is 0 Å². The summed E-state index contributed by atoms with van der Waals surface area (Å²) in [5, 5.41) is 2.83. The van der Waals surface area contributed by atoms with Gasteiger partial charge in [-0.1, -0.05) is 37.0 Å². The number of rotatable bonds is 5. The van der Waals surface area contributed by atoms with Gasteiger partial charge in [-0.2, -0.15) is 4.31 Å². The number of halogens is 2. The lowest BCUT2D eigenvalue weighted by Gasteiger charge is -2.26. The highest BCUT2D eigenvalue weighted by molar-refractivity contribution is 7.89. The van der Waals surface area contributed by atoms with Crippen LogP contribution in [0.1, 0.15) is 24.2 Å². The summed E-state index contributed by atoms with van der Waals surface area (Å²) in [5.74, 6) is -0.166. The Morgan fingerprint density at radius 1 is 1.25 bits per heavy atom. The van der Waals surface area contributed by atoms with Crippen molar-refractivity contribution in [3.8, 4) is 0 Å². The van der Waals surface area contributed by atoms with Crippen LogP contribution in [-0.4, -0.2) is 51.5 Å². The van der Waals surface area contributed by atoms with Crippen LogP contribution in [0.3, 0.4) is 0 Å². The highest BCUT2D eigenvalue weighted by Crippen LogP contribution is 2.31. The van der Waals surface area contributed by atoms with E-state index in [1.54, 1.807) is 0 Å². The second kappa shape index (κ2) is 8.01. The number of hydrogen-bond donors (Lipinski definition) is 1. The molecule has 1 aliphatic rings. The molecule has 2 rings (SSSR count). The first-order valence-electron chi connectivity index (χ1n) is 7.58. The summed E-state index contributed by atoms with van der Waals surface area (Å²) < 4.78 is 32.0. The van der Waals surface area contributed by atoms with Gasteiger partial charge in [0.1, 0.15) is 4.90 Å². The minimum atomic E-state index is -3.81. The molecule has 1 heterocycles. The van der Waals surface area contributed by atoms with E-state index in [4.69, 9.17) is 27.9 Å². The molecular formula is C15H20Cl2N2O4S. The van der Waals surface area contributed by atoms with E-state index >= 15 is 0 Å². The second-order valence-electron chi connectivity index (χ2n) is 5.88. The molecule has 0 unspecified atom stereocenters. The predicted molar refractivity (Wildman–Crippen MR) is 93.2 cm³/mol. The number of nitrogens with zero attached hydrogens (tertiary/aromatic N) is 1. The lowest BCUT2D eigenvalue weighted by Crippen LogP contribution is -2.40. The maximum Gasteiger partial charge on any atom is 0.252 e. The molecule has 0 bridgehead atoms. The normalized spacial score (nSPS) is 16.4. The molecule has 134 valence electrons. The Labute approximate surface area is 152 Å². The summed E-state index contributed by atoms with van der Waals surface area (Å²) >= 11 is 12.2. The molecule has 1 fully saturated rings. The number of carbonyl (C=O) groups excluding carboxylic acids is 1. The van der Waals surface area contributed by atoms with Crippen LogP contribution in [0.15, 0.2) is 17.0 Å². The molecule has 9 heteroatoms. The van der Waals surface area contributed by atoms with Crippen LogP contribution in [0, 0.1) is 5.92 Å². The molecule has 24 heavy (non-hydrogen) atoms. The van der Waals surface area contributed by atoms with Gasteiger partial charge < -0.3 is 10.1 Å². The second-order valence-corrected chi connectivity index (χ2v) is 8.60. The molecule has 0 aliphatic carbocycles. The predicted octanol–water partition coefficient (Wildman–Crippen LogP) is 2.40. The highest BCUT2D eigenvalue weighted by atomic mass is 35.5. The largest absolute Gasteiger partial charge is 0.379 e. The minimum Gasteiger partial charge on any atom is -0.379 e. The van der Waals surface area contributed by atoms with E-state index in [2.05, 4.69) is 5.32 Å². The number of carbonyl (C=O) groups is 1. The van der Waals surface area contributed by atoms with Gasteiger partial charge in [-0.25, -0.2) is 8.42 Å². The fourth-order valence-electron chi connectivity index (χ4n) is 2.22. The molecule has 1 aliphatic heterocycles. The fraction of sp³-hybridized carbons (Fsp3) is 0.533. The first-order valence-corrected chi connectivity index (χ1v) is 9.78. The van der Waals surface area contributed by atoms with Gasteiger partial charge in [0.25, 0.3) is 5.91 Å². The van der Waals surface area contributed by atoms with Gasteiger partial charge in [-0.3, -0.25) is 4.79 Å². The smallest absolute Gasteiger partial charge is 0.252 e. The standard InChI is InChI=1S/C15H20Cl2N2O4S/c1-10(2)9-18-15(20)11-7-14(13(17)8-12(11)16)24(21,22)19-3-5-23-6-4-19/h7-8,10H,3-6,9H2,1-2H3,(H,18,20). The number of ether oxygens (including phenoxy) is 1. The summed E-state index contributed by atoms with van der Waals surface area (Å²) in [6.07, 6.45) is 0. The molecule has 1 amide bonds. The maximum absolute atomic E-state index is 12.8. The third kappa shape index (κ3) is 4.40. The monoisotopic (exact) mass is 394 g/mol. The van der Waals surface area contributed by atoms with Crippen molar-refractivity contribution < 1.29 is 17.9 Å². The van der Waals surface area contributed by atoms with Crippen LogP contribution < -0.4 is 5.32 Å². The van der Waals surface area contributed by atoms with Crippen molar-refractivity contribution >= 4 is 39.1 Å². The number of hydrogen-bond acceptors (Lipinski definition) is 4. The van der Waals surface area contributed by atoms with Gasteiger partial charge in [0.2, 0.25) is 10.0 Å². The Morgan fingerprint density at radius 3 is 2.46 bits per heavy atom. The average molecular weight is 395 g/mol. The maximum atomic E-state index is 12.8. The highest BCUT2D eigenvalue weighted by Gasteiger charge is 2.30. The van der Waals surface area contributed by atoms with Crippen LogP contribution in [0.4, 0.5) is 0 Å². The first kappa shape index (κ1) is 19.5. The van der Waals surface area contributed by atoms with Crippen LogP contribution in [-0.2, 0) is 14.8 Å². The molecule has 1 aromatic carbocycles. The summed E-state index contributed by atoms with van der Waals surface area (Å²) in [4.78, 5) is 12.1. The Hall–Kier alpha value is -0.860. The minimum absolute atomic E-state index is 0.00750. The summed E-state index contributed by atoms with van der Waals surface area (Å²) in [6.45, 7) is 5.52. The van der Waals surface area contributed by atoms with Gasteiger partial charge in [-0.15, -0.1) is 0 Å². The third-order valence-corrected chi connectivity index (χ3v) is 6.20. The molecule has 0 radical (unpaired) electrons. The van der Waals surface area contributed by atoms with E-state index in [0.717, 1.165) is 0 Å². The molecule has 1 saturated heterocycles. The van der Waals surface area contributed by atoms with Gasteiger partial charge in [0.05, 0.1) is 28.8 Å². The number of morpholine rings is 1. The van der Waals surface area contributed by atoms with E-state index in [0.29, 0.717) is 19.8 Å². The molecule has 0 aromatic heterocycles.